The molecule has 0 unspecified atom stereocenters. The van der Waals surface area contributed by atoms with Gasteiger partial charge in [0.05, 0.1) is 5.69 Å². The molecule has 3 nitrogen and oxygen atoms in total. The maximum absolute atomic E-state index is 12.6. The van der Waals surface area contributed by atoms with Crippen LogP contribution >= 0.6 is 15.9 Å². The first kappa shape index (κ1) is 14.9. The van der Waals surface area contributed by atoms with E-state index in [1.165, 1.54) is 5.56 Å². The van der Waals surface area contributed by atoms with Gasteiger partial charge in [-0.05, 0) is 72.1 Å². The summed E-state index contributed by atoms with van der Waals surface area (Å²) in [5.74, 6) is -0.129. The number of halogens is 1. The molecule has 22 heavy (non-hydrogen) atoms. The van der Waals surface area contributed by atoms with E-state index in [0.717, 1.165) is 32.2 Å². The predicted octanol–water partition coefficient (Wildman–Crippen LogP) is 5.11. The van der Waals surface area contributed by atoms with Crippen molar-refractivity contribution in [1.29, 1.82) is 0 Å². The van der Waals surface area contributed by atoms with Crippen molar-refractivity contribution in [2.45, 2.75) is 20.8 Å². The van der Waals surface area contributed by atoms with Crippen molar-refractivity contribution in [2.24, 2.45) is 0 Å². The second-order valence-electron chi connectivity index (χ2n) is 5.61. The van der Waals surface area contributed by atoms with Gasteiger partial charge in [-0.1, -0.05) is 17.7 Å². The van der Waals surface area contributed by atoms with Gasteiger partial charge in [-0.3, -0.25) is 4.79 Å². The summed E-state index contributed by atoms with van der Waals surface area (Å²) < 4.78 is 0.880. The van der Waals surface area contributed by atoms with Gasteiger partial charge >= 0.3 is 0 Å². The Morgan fingerprint density at radius 2 is 1.73 bits per heavy atom. The van der Waals surface area contributed by atoms with E-state index in [0.29, 0.717) is 5.69 Å². The summed E-state index contributed by atoms with van der Waals surface area (Å²) >= 11 is 3.49. The average Bonchev–Trinajstić information content (AvgIpc) is 2.79. The highest BCUT2D eigenvalue weighted by atomic mass is 79.9. The lowest BCUT2D eigenvalue weighted by Crippen LogP contribution is -2.13. The highest BCUT2D eigenvalue weighted by molar-refractivity contribution is 9.10. The number of hydrogen-bond donors (Lipinski definition) is 2. The van der Waals surface area contributed by atoms with Gasteiger partial charge in [0.2, 0.25) is 0 Å². The van der Waals surface area contributed by atoms with Gasteiger partial charge < -0.3 is 10.3 Å². The quantitative estimate of drug-likeness (QED) is 0.658. The SMILES string of the molecule is Cc1ccc(NC(=O)c2[nH]c3ccc(C)cc3c2C)c(Br)c1. The van der Waals surface area contributed by atoms with Crippen LogP contribution in [0.25, 0.3) is 10.9 Å². The summed E-state index contributed by atoms with van der Waals surface area (Å²) in [6.45, 7) is 6.03. The highest BCUT2D eigenvalue weighted by Crippen LogP contribution is 2.26. The number of aromatic nitrogens is 1. The number of aromatic amines is 1. The van der Waals surface area contributed by atoms with Crippen LogP contribution in [0, 0.1) is 20.8 Å². The van der Waals surface area contributed by atoms with E-state index in [2.05, 4.69) is 39.2 Å². The smallest absolute Gasteiger partial charge is 0.272 e. The summed E-state index contributed by atoms with van der Waals surface area (Å²) in [5, 5.41) is 4.04. The topological polar surface area (TPSA) is 44.9 Å². The van der Waals surface area contributed by atoms with Crippen molar-refractivity contribution >= 4 is 38.4 Å². The Labute approximate surface area is 137 Å². The molecule has 0 saturated heterocycles. The normalized spacial score (nSPS) is 10.9. The van der Waals surface area contributed by atoms with Crippen LogP contribution in [0.15, 0.2) is 40.9 Å². The van der Waals surface area contributed by atoms with E-state index in [1.807, 2.05) is 44.2 Å². The maximum Gasteiger partial charge on any atom is 0.272 e. The summed E-state index contributed by atoms with van der Waals surface area (Å²) in [7, 11) is 0. The molecule has 112 valence electrons. The van der Waals surface area contributed by atoms with Gasteiger partial charge in [-0.25, -0.2) is 0 Å². The number of nitrogens with one attached hydrogen (secondary N) is 2. The van der Waals surface area contributed by atoms with Crippen LogP contribution in [0.4, 0.5) is 5.69 Å². The molecule has 1 heterocycles. The van der Waals surface area contributed by atoms with Crippen molar-refractivity contribution in [3.05, 3.63) is 63.3 Å². The lowest BCUT2D eigenvalue weighted by molar-refractivity contribution is 0.102. The zero-order valence-electron chi connectivity index (χ0n) is 12.8. The number of amides is 1. The van der Waals surface area contributed by atoms with Crippen molar-refractivity contribution in [3.8, 4) is 0 Å². The Balaban J connectivity index is 1.97. The fraction of sp³-hybridized carbons (Fsp3) is 0.167. The molecular formula is C18H17BrN2O. The molecular weight excluding hydrogens is 340 g/mol. The molecule has 1 amide bonds. The van der Waals surface area contributed by atoms with Crippen molar-refractivity contribution < 1.29 is 4.79 Å². The molecule has 2 N–H and O–H groups in total. The second kappa shape index (κ2) is 5.61. The number of fused-ring (bicyclic) bond motifs is 1. The molecule has 3 rings (SSSR count). The van der Waals surface area contributed by atoms with Crippen LogP contribution in [0.2, 0.25) is 0 Å². The van der Waals surface area contributed by atoms with Crippen LogP contribution in [0.3, 0.4) is 0 Å². The molecule has 0 bridgehead atoms. The molecule has 0 fully saturated rings. The number of benzene rings is 2. The third-order valence-corrected chi connectivity index (χ3v) is 4.47. The number of carbonyl (C=O) groups excluding carboxylic acids is 1. The molecule has 0 aliphatic carbocycles. The Morgan fingerprint density at radius 1 is 1.05 bits per heavy atom. The van der Waals surface area contributed by atoms with Crippen molar-refractivity contribution in [2.75, 3.05) is 5.32 Å². The summed E-state index contributed by atoms with van der Waals surface area (Å²) in [5.41, 5.74) is 5.65. The fourth-order valence-electron chi connectivity index (χ4n) is 2.57. The van der Waals surface area contributed by atoms with Crippen molar-refractivity contribution in [1.82, 2.24) is 4.98 Å². The number of rotatable bonds is 2. The molecule has 1 aromatic heterocycles. The number of carbonyl (C=O) groups is 1. The van der Waals surface area contributed by atoms with Gasteiger partial charge in [0, 0.05) is 15.4 Å². The lowest BCUT2D eigenvalue weighted by Gasteiger charge is -2.07. The van der Waals surface area contributed by atoms with Crippen LogP contribution in [0.5, 0.6) is 0 Å². The first-order valence-corrected chi connectivity index (χ1v) is 7.91. The first-order valence-electron chi connectivity index (χ1n) is 7.12. The molecule has 0 atom stereocenters. The summed E-state index contributed by atoms with van der Waals surface area (Å²) in [6.07, 6.45) is 0. The number of aryl methyl sites for hydroxylation is 3. The van der Waals surface area contributed by atoms with Gasteiger partial charge in [0.1, 0.15) is 5.69 Å². The van der Waals surface area contributed by atoms with Crippen LogP contribution in [-0.4, -0.2) is 10.9 Å². The standard InChI is InChI=1S/C18H17BrN2O/c1-10-4-6-15-13(8-10)12(3)17(20-15)18(22)21-16-7-5-11(2)9-14(16)19/h4-9,20H,1-3H3,(H,21,22). The van der Waals surface area contributed by atoms with Gasteiger partial charge in [-0.2, -0.15) is 0 Å². The minimum atomic E-state index is -0.129. The van der Waals surface area contributed by atoms with E-state index in [4.69, 9.17) is 0 Å². The van der Waals surface area contributed by atoms with Crippen LogP contribution < -0.4 is 5.32 Å². The Hall–Kier alpha value is -2.07. The monoisotopic (exact) mass is 356 g/mol. The van der Waals surface area contributed by atoms with E-state index >= 15 is 0 Å². The third kappa shape index (κ3) is 2.66. The van der Waals surface area contributed by atoms with E-state index in [1.54, 1.807) is 0 Å². The number of hydrogen-bond acceptors (Lipinski definition) is 1. The minimum Gasteiger partial charge on any atom is -0.350 e. The molecule has 2 aromatic carbocycles. The molecule has 0 aliphatic heterocycles. The predicted molar refractivity (Wildman–Crippen MR) is 94.6 cm³/mol. The highest BCUT2D eigenvalue weighted by Gasteiger charge is 2.15. The zero-order chi connectivity index (χ0) is 15.9. The van der Waals surface area contributed by atoms with E-state index < -0.39 is 0 Å². The molecule has 4 heteroatoms. The third-order valence-electron chi connectivity index (χ3n) is 3.81. The first-order chi connectivity index (χ1) is 10.5. The Kier molecular flexibility index (Phi) is 3.79. The fourth-order valence-corrected chi connectivity index (χ4v) is 3.17. The molecule has 0 radical (unpaired) electrons. The van der Waals surface area contributed by atoms with Crippen LogP contribution in [0.1, 0.15) is 27.2 Å². The number of H-pyrrole nitrogens is 1. The Bertz CT molecular complexity index is 880. The second-order valence-corrected chi connectivity index (χ2v) is 6.47. The largest absolute Gasteiger partial charge is 0.350 e. The molecule has 0 saturated carbocycles. The minimum absolute atomic E-state index is 0.129. The van der Waals surface area contributed by atoms with E-state index in [-0.39, 0.29) is 5.91 Å². The van der Waals surface area contributed by atoms with E-state index in [9.17, 15) is 4.79 Å². The van der Waals surface area contributed by atoms with Gasteiger partial charge in [0.15, 0.2) is 0 Å². The summed E-state index contributed by atoms with van der Waals surface area (Å²) in [6, 6.07) is 12.0. The Morgan fingerprint density at radius 3 is 2.45 bits per heavy atom. The van der Waals surface area contributed by atoms with Gasteiger partial charge in [0.25, 0.3) is 5.91 Å². The average molecular weight is 357 g/mol. The molecule has 0 aliphatic rings. The zero-order valence-corrected chi connectivity index (χ0v) is 14.3. The van der Waals surface area contributed by atoms with Crippen molar-refractivity contribution in [3.63, 3.8) is 0 Å². The molecule has 3 aromatic rings. The lowest BCUT2D eigenvalue weighted by atomic mass is 10.1. The van der Waals surface area contributed by atoms with Crippen LogP contribution in [-0.2, 0) is 0 Å². The summed E-state index contributed by atoms with van der Waals surface area (Å²) in [4.78, 5) is 15.8. The molecule has 0 spiro atoms. The number of anilines is 1. The van der Waals surface area contributed by atoms with Gasteiger partial charge in [-0.15, -0.1) is 0 Å². The maximum atomic E-state index is 12.6.